The van der Waals surface area contributed by atoms with Gasteiger partial charge in [-0.05, 0) is 12.8 Å². The van der Waals surface area contributed by atoms with Crippen molar-refractivity contribution in [3.05, 3.63) is 30.2 Å². The molecule has 1 aliphatic carbocycles. The number of methoxy groups -OCH3 is 3. The van der Waals surface area contributed by atoms with Gasteiger partial charge >= 0.3 is 0 Å². The third-order valence-corrected chi connectivity index (χ3v) is 3.74. The monoisotopic (exact) mass is 344 g/mol. The zero-order valence-corrected chi connectivity index (χ0v) is 14.3. The lowest BCUT2D eigenvalue weighted by Gasteiger charge is -2.14. The van der Waals surface area contributed by atoms with Crippen molar-refractivity contribution in [1.29, 1.82) is 0 Å². The van der Waals surface area contributed by atoms with Crippen molar-refractivity contribution in [3.8, 4) is 17.2 Å². The van der Waals surface area contributed by atoms with Gasteiger partial charge in [-0.25, -0.2) is 9.97 Å². The van der Waals surface area contributed by atoms with Crippen molar-refractivity contribution in [1.82, 2.24) is 9.97 Å². The third kappa shape index (κ3) is 3.90. The number of hydrogen-bond donors (Lipinski definition) is 2. The molecule has 1 aliphatic rings. The molecule has 25 heavy (non-hydrogen) atoms. The molecular formula is C17H20N4O4. The summed E-state index contributed by atoms with van der Waals surface area (Å²) in [6.45, 7) is 0. The van der Waals surface area contributed by atoms with Gasteiger partial charge in [-0.15, -0.1) is 0 Å². The predicted molar refractivity (Wildman–Crippen MR) is 92.7 cm³/mol. The number of rotatable bonds is 7. The summed E-state index contributed by atoms with van der Waals surface area (Å²) in [5.41, 5.74) is 0.719. The van der Waals surface area contributed by atoms with Gasteiger partial charge in [0, 0.05) is 23.9 Å². The van der Waals surface area contributed by atoms with Crippen LogP contribution in [-0.4, -0.2) is 43.2 Å². The van der Waals surface area contributed by atoms with E-state index in [1.807, 2.05) is 0 Å². The Labute approximate surface area is 145 Å². The van der Waals surface area contributed by atoms with Gasteiger partial charge in [-0.2, -0.15) is 0 Å². The number of aromatic nitrogens is 2. The van der Waals surface area contributed by atoms with Crippen LogP contribution < -0.4 is 24.8 Å². The van der Waals surface area contributed by atoms with Gasteiger partial charge in [0.15, 0.2) is 11.5 Å². The molecule has 0 saturated heterocycles. The molecule has 3 rings (SSSR count). The van der Waals surface area contributed by atoms with E-state index in [0.717, 1.165) is 12.8 Å². The number of nitrogens with one attached hydrogen (secondary N) is 2. The summed E-state index contributed by atoms with van der Waals surface area (Å²) in [6, 6.07) is 3.78. The average molecular weight is 344 g/mol. The molecule has 8 heteroatoms. The molecule has 1 amide bonds. The molecule has 1 fully saturated rings. The van der Waals surface area contributed by atoms with Crippen molar-refractivity contribution < 1.29 is 19.0 Å². The highest BCUT2D eigenvalue weighted by molar-refractivity contribution is 6.03. The number of carbonyl (C=O) groups excluding carboxylic acids is 1. The predicted octanol–water partition coefficient (Wildman–Crippen LogP) is 2.33. The van der Waals surface area contributed by atoms with E-state index in [9.17, 15) is 4.79 Å². The van der Waals surface area contributed by atoms with Crippen LogP contribution in [0.15, 0.2) is 24.5 Å². The quantitative estimate of drug-likeness (QED) is 0.796. The number of nitrogens with zero attached hydrogens (tertiary/aromatic N) is 2. The first-order chi connectivity index (χ1) is 12.1. The first kappa shape index (κ1) is 16.8. The van der Waals surface area contributed by atoms with E-state index in [0.29, 0.717) is 34.8 Å². The van der Waals surface area contributed by atoms with Gasteiger partial charge in [-0.1, -0.05) is 0 Å². The minimum atomic E-state index is -0.375. The number of amides is 1. The molecule has 0 atom stereocenters. The van der Waals surface area contributed by atoms with E-state index in [2.05, 4.69) is 20.6 Å². The number of anilines is 2. The molecule has 1 aromatic carbocycles. The van der Waals surface area contributed by atoms with Crippen LogP contribution >= 0.6 is 0 Å². The van der Waals surface area contributed by atoms with Crippen molar-refractivity contribution in [2.45, 2.75) is 18.9 Å². The van der Waals surface area contributed by atoms with Gasteiger partial charge in [0.05, 0.1) is 33.7 Å². The summed E-state index contributed by atoms with van der Waals surface area (Å²) in [5.74, 6) is 1.66. The Bertz CT molecular complexity index is 735. The summed E-state index contributed by atoms with van der Waals surface area (Å²) in [4.78, 5) is 20.7. The van der Waals surface area contributed by atoms with Crippen LogP contribution in [0.2, 0.25) is 0 Å². The summed E-state index contributed by atoms with van der Waals surface area (Å²) >= 11 is 0. The van der Waals surface area contributed by atoms with E-state index >= 15 is 0 Å². The highest BCUT2D eigenvalue weighted by atomic mass is 16.5. The highest BCUT2D eigenvalue weighted by Gasteiger charge is 2.21. The summed E-state index contributed by atoms with van der Waals surface area (Å²) in [6.07, 6.45) is 5.29. The Balaban J connectivity index is 1.75. The molecule has 0 radical (unpaired) electrons. The van der Waals surface area contributed by atoms with Gasteiger partial charge in [-0.3, -0.25) is 4.79 Å². The SMILES string of the molecule is COc1cc(NC(=O)c2cnc(NC3CC3)cn2)cc(OC)c1OC. The third-order valence-electron chi connectivity index (χ3n) is 3.74. The molecule has 2 aromatic rings. The van der Waals surface area contributed by atoms with Crippen LogP contribution in [0.3, 0.4) is 0 Å². The van der Waals surface area contributed by atoms with E-state index in [1.54, 1.807) is 18.3 Å². The lowest BCUT2D eigenvalue weighted by atomic mass is 10.2. The van der Waals surface area contributed by atoms with Crippen molar-refractivity contribution in [2.75, 3.05) is 32.0 Å². The lowest BCUT2D eigenvalue weighted by molar-refractivity contribution is 0.102. The molecule has 1 saturated carbocycles. The topological polar surface area (TPSA) is 94.6 Å². The van der Waals surface area contributed by atoms with Crippen molar-refractivity contribution >= 4 is 17.4 Å². The zero-order valence-electron chi connectivity index (χ0n) is 14.3. The minimum Gasteiger partial charge on any atom is -0.493 e. The van der Waals surface area contributed by atoms with Crippen molar-refractivity contribution in [2.24, 2.45) is 0 Å². The van der Waals surface area contributed by atoms with Crippen LogP contribution in [0.5, 0.6) is 17.2 Å². The van der Waals surface area contributed by atoms with Gasteiger partial charge in [0.25, 0.3) is 5.91 Å². The Morgan fingerprint density at radius 2 is 1.72 bits per heavy atom. The van der Waals surface area contributed by atoms with Gasteiger partial charge < -0.3 is 24.8 Å². The number of ether oxygens (including phenoxy) is 3. The van der Waals surface area contributed by atoms with Gasteiger partial charge in [0.2, 0.25) is 5.75 Å². The first-order valence-electron chi connectivity index (χ1n) is 7.84. The summed E-state index contributed by atoms with van der Waals surface area (Å²) in [5, 5.41) is 5.98. The van der Waals surface area contributed by atoms with E-state index in [4.69, 9.17) is 14.2 Å². The highest BCUT2D eigenvalue weighted by Crippen LogP contribution is 2.40. The maximum absolute atomic E-state index is 12.4. The zero-order chi connectivity index (χ0) is 17.8. The van der Waals surface area contributed by atoms with Crippen LogP contribution in [0.25, 0.3) is 0 Å². The Kier molecular flexibility index (Phi) is 4.87. The number of carbonyl (C=O) groups is 1. The maximum atomic E-state index is 12.4. The molecule has 1 aromatic heterocycles. The van der Waals surface area contributed by atoms with Crippen LogP contribution in [0.1, 0.15) is 23.3 Å². The molecular weight excluding hydrogens is 324 g/mol. The molecule has 8 nitrogen and oxygen atoms in total. The fraction of sp³-hybridized carbons (Fsp3) is 0.353. The molecule has 0 aliphatic heterocycles. The number of benzene rings is 1. The van der Waals surface area contributed by atoms with E-state index in [1.165, 1.54) is 27.5 Å². The minimum absolute atomic E-state index is 0.218. The fourth-order valence-electron chi connectivity index (χ4n) is 2.31. The fourth-order valence-corrected chi connectivity index (χ4v) is 2.31. The molecule has 0 bridgehead atoms. The Morgan fingerprint density at radius 1 is 1.04 bits per heavy atom. The smallest absolute Gasteiger partial charge is 0.275 e. The molecule has 1 heterocycles. The van der Waals surface area contributed by atoms with Gasteiger partial charge in [0.1, 0.15) is 11.5 Å². The second kappa shape index (κ2) is 7.25. The Hall–Kier alpha value is -3.03. The second-order valence-electron chi connectivity index (χ2n) is 5.57. The molecule has 0 unspecified atom stereocenters. The van der Waals surface area contributed by atoms with Crippen molar-refractivity contribution in [3.63, 3.8) is 0 Å². The maximum Gasteiger partial charge on any atom is 0.275 e. The molecule has 2 N–H and O–H groups in total. The summed E-state index contributed by atoms with van der Waals surface area (Å²) < 4.78 is 15.8. The Morgan fingerprint density at radius 3 is 2.20 bits per heavy atom. The summed E-state index contributed by atoms with van der Waals surface area (Å²) in [7, 11) is 4.55. The average Bonchev–Trinajstić information content (AvgIpc) is 3.45. The molecule has 132 valence electrons. The first-order valence-corrected chi connectivity index (χ1v) is 7.84. The standard InChI is InChI=1S/C17H20N4O4/c1-23-13-6-11(7-14(24-2)16(13)25-3)21-17(22)12-8-19-15(9-18-12)20-10-4-5-10/h6-10H,4-5H2,1-3H3,(H,19,20)(H,21,22). The normalized spacial score (nSPS) is 13.1. The number of hydrogen-bond acceptors (Lipinski definition) is 7. The second-order valence-corrected chi connectivity index (χ2v) is 5.57. The van der Waals surface area contributed by atoms with E-state index in [-0.39, 0.29) is 11.6 Å². The lowest BCUT2D eigenvalue weighted by Crippen LogP contribution is -2.15. The largest absolute Gasteiger partial charge is 0.493 e. The molecule has 0 spiro atoms. The van der Waals surface area contributed by atoms with Crippen LogP contribution in [0, 0.1) is 0 Å². The van der Waals surface area contributed by atoms with Crippen LogP contribution in [0.4, 0.5) is 11.5 Å². The van der Waals surface area contributed by atoms with E-state index < -0.39 is 0 Å². The van der Waals surface area contributed by atoms with Crippen LogP contribution in [-0.2, 0) is 0 Å².